The first kappa shape index (κ1) is 27.3. The van der Waals surface area contributed by atoms with Crippen molar-refractivity contribution in [3.8, 4) is 0 Å². The van der Waals surface area contributed by atoms with Gasteiger partial charge in [0.1, 0.15) is 0 Å². The second-order valence-electron chi connectivity index (χ2n) is 8.70. The maximum absolute atomic E-state index is 5.84. The van der Waals surface area contributed by atoms with Gasteiger partial charge in [0, 0.05) is 45.8 Å². The third-order valence-corrected chi connectivity index (χ3v) is 5.74. The van der Waals surface area contributed by atoms with Crippen molar-refractivity contribution in [1.82, 2.24) is 20.4 Å². The minimum atomic E-state index is 0. The first-order valence-electron chi connectivity index (χ1n) is 11.9. The van der Waals surface area contributed by atoms with Gasteiger partial charge in [0.2, 0.25) is 0 Å². The molecule has 1 aromatic rings. The van der Waals surface area contributed by atoms with Crippen LogP contribution >= 0.6 is 24.0 Å². The average Bonchev–Trinajstić information content (AvgIpc) is 2.76. The van der Waals surface area contributed by atoms with E-state index < -0.39 is 0 Å². The lowest BCUT2D eigenvalue weighted by Crippen LogP contribution is -2.44. The fourth-order valence-electron chi connectivity index (χ4n) is 4.27. The Labute approximate surface area is 211 Å². The fraction of sp³-hybridized carbons (Fsp3) is 0.708. The van der Waals surface area contributed by atoms with Crippen molar-refractivity contribution in [1.29, 1.82) is 0 Å². The summed E-state index contributed by atoms with van der Waals surface area (Å²) in [4.78, 5) is 9.72. The van der Waals surface area contributed by atoms with Crippen molar-refractivity contribution in [2.75, 3.05) is 59.0 Å². The van der Waals surface area contributed by atoms with Crippen molar-refractivity contribution >= 4 is 29.9 Å². The average molecular weight is 560 g/mol. The zero-order chi connectivity index (χ0) is 21.9. The molecule has 2 fully saturated rings. The van der Waals surface area contributed by atoms with Gasteiger partial charge in [0.15, 0.2) is 5.96 Å². The quantitative estimate of drug-likeness (QED) is 0.210. The first-order chi connectivity index (χ1) is 15.1. The predicted molar refractivity (Wildman–Crippen MR) is 142 cm³/mol. The van der Waals surface area contributed by atoms with E-state index in [0.29, 0.717) is 18.8 Å². The van der Waals surface area contributed by atoms with E-state index in [1.807, 2.05) is 0 Å². The van der Waals surface area contributed by atoms with Crippen LogP contribution in [0.2, 0.25) is 0 Å². The van der Waals surface area contributed by atoms with E-state index in [9.17, 15) is 0 Å². The summed E-state index contributed by atoms with van der Waals surface area (Å²) in [5.74, 6) is 0.893. The second-order valence-corrected chi connectivity index (χ2v) is 8.70. The van der Waals surface area contributed by atoms with Crippen LogP contribution in [0.25, 0.3) is 0 Å². The van der Waals surface area contributed by atoms with Gasteiger partial charge in [-0.3, -0.25) is 9.80 Å². The Morgan fingerprint density at radius 2 is 1.66 bits per heavy atom. The number of nitrogens with zero attached hydrogens (tertiary/aromatic N) is 3. The summed E-state index contributed by atoms with van der Waals surface area (Å²) in [6.07, 6.45) is 1.73. The van der Waals surface area contributed by atoms with Gasteiger partial charge >= 0.3 is 0 Å². The summed E-state index contributed by atoms with van der Waals surface area (Å²) >= 11 is 0. The summed E-state index contributed by atoms with van der Waals surface area (Å²) in [6, 6.07) is 8.87. The molecule has 0 spiro atoms. The largest absolute Gasteiger partial charge is 0.379 e. The Balaban J connectivity index is 0.00000363. The normalized spacial score (nSPS) is 22.9. The van der Waals surface area contributed by atoms with E-state index in [1.54, 1.807) is 0 Å². The number of aliphatic imine (C=N–C) groups is 1. The molecule has 7 nitrogen and oxygen atoms in total. The number of benzene rings is 1. The molecule has 2 unspecified atom stereocenters. The molecule has 2 aliphatic rings. The highest BCUT2D eigenvalue weighted by Gasteiger charge is 2.21. The van der Waals surface area contributed by atoms with Gasteiger partial charge < -0.3 is 20.1 Å². The Morgan fingerprint density at radius 1 is 1.00 bits per heavy atom. The lowest BCUT2D eigenvalue weighted by Gasteiger charge is -2.35. The molecule has 0 aliphatic carbocycles. The van der Waals surface area contributed by atoms with Crippen LogP contribution in [-0.2, 0) is 22.6 Å². The van der Waals surface area contributed by atoms with Crippen LogP contribution in [0, 0.1) is 0 Å². The third kappa shape index (κ3) is 9.91. The van der Waals surface area contributed by atoms with E-state index in [1.165, 1.54) is 11.1 Å². The molecular weight excluding hydrogens is 517 g/mol. The monoisotopic (exact) mass is 559 g/mol. The van der Waals surface area contributed by atoms with E-state index in [2.05, 4.69) is 65.5 Å². The maximum atomic E-state index is 5.84. The van der Waals surface area contributed by atoms with Crippen LogP contribution in [0.5, 0.6) is 0 Å². The number of rotatable bonds is 9. The Bertz CT molecular complexity index is 657. The molecule has 0 saturated carbocycles. The highest BCUT2D eigenvalue weighted by Crippen LogP contribution is 2.15. The molecule has 2 N–H and O–H groups in total. The predicted octanol–water partition coefficient (Wildman–Crippen LogP) is 2.69. The highest BCUT2D eigenvalue weighted by molar-refractivity contribution is 14.0. The highest BCUT2D eigenvalue weighted by atomic mass is 127. The van der Waals surface area contributed by atoms with E-state index in [0.717, 1.165) is 78.0 Å². The summed E-state index contributed by atoms with van der Waals surface area (Å²) in [5.41, 5.74) is 2.58. The van der Waals surface area contributed by atoms with Crippen LogP contribution in [0.3, 0.4) is 0 Å². The van der Waals surface area contributed by atoms with Gasteiger partial charge in [0.25, 0.3) is 0 Å². The van der Waals surface area contributed by atoms with Gasteiger partial charge in [-0.25, -0.2) is 4.99 Å². The molecule has 32 heavy (non-hydrogen) atoms. The van der Waals surface area contributed by atoms with Gasteiger partial charge in [-0.05, 0) is 44.9 Å². The molecule has 3 rings (SSSR count). The molecule has 182 valence electrons. The van der Waals surface area contributed by atoms with Crippen molar-refractivity contribution in [2.24, 2.45) is 4.99 Å². The van der Waals surface area contributed by atoms with Crippen LogP contribution in [0.1, 0.15) is 38.3 Å². The van der Waals surface area contributed by atoms with E-state index in [-0.39, 0.29) is 24.0 Å². The van der Waals surface area contributed by atoms with Crippen LogP contribution in [0.4, 0.5) is 0 Å². The molecule has 0 bridgehead atoms. The Hall–Kier alpha value is -0.940. The van der Waals surface area contributed by atoms with Gasteiger partial charge in [-0.1, -0.05) is 24.3 Å². The number of hydrogen-bond donors (Lipinski definition) is 2. The number of morpholine rings is 2. The zero-order valence-electron chi connectivity index (χ0n) is 20.0. The number of halogens is 1. The Morgan fingerprint density at radius 3 is 2.31 bits per heavy atom. The molecular formula is C24H42IN5O2. The van der Waals surface area contributed by atoms with Gasteiger partial charge in [-0.15, -0.1) is 24.0 Å². The summed E-state index contributed by atoms with van der Waals surface area (Å²) in [5, 5.41) is 6.82. The van der Waals surface area contributed by atoms with Crippen molar-refractivity contribution in [3.05, 3.63) is 35.4 Å². The standard InChI is InChI=1S/C24H41N5O2.HI/c1-4-25-24(26-10-5-11-28-12-14-30-15-13-28)27-16-22-6-8-23(9-7-22)19-29-17-20(2)31-21(3)18-29;/h6-9,20-21H,4-5,10-19H2,1-3H3,(H2,25,26,27);1H. The summed E-state index contributed by atoms with van der Waals surface area (Å²) in [7, 11) is 0. The number of nitrogens with one attached hydrogen (secondary N) is 2. The van der Waals surface area contributed by atoms with Gasteiger partial charge in [0.05, 0.1) is 32.0 Å². The lowest BCUT2D eigenvalue weighted by atomic mass is 10.1. The first-order valence-corrected chi connectivity index (χ1v) is 11.9. The van der Waals surface area contributed by atoms with Crippen LogP contribution in [-0.4, -0.2) is 87.0 Å². The molecule has 2 saturated heterocycles. The van der Waals surface area contributed by atoms with Crippen molar-refractivity contribution in [2.45, 2.75) is 52.5 Å². The molecule has 1 aromatic carbocycles. The third-order valence-electron chi connectivity index (χ3n) is 5.74. The van der Waals surface area contributed by atoms with Crippen LogP contribution in [0.15, 0.2) is 29.3 Å². The number of hydrogen-bond acceptors (Lipinski definition) is 5. The zero-order valence-corrected chi connectivity index (χ0v) is 22.3. The van der Waals surface area contributed by atoms with Crippen LogP contribution < -0.4 is 10.6 Å². The van der Waals surface area contributed by atoms with E-state index in [4.69, 9.17) is 14.5 Å². The summed E-state index contributed by atoms with van der Waals surface area (Å²) in [6.45, 7) is 16.8. The number of guanidine groups is 1. The minimum Gasteiger partial charge on any atom is -0.379 e. The lowest BCUT2D eigenvalue weighted by molar-refractivity contribution is -0.0704. The van der Waals surface area contributed by atoms with E-state index >= 15 is 0 Å². The summed E-state index contributed by atoms with van der Waals surface area (Å²) < 4.78 is 11.2. The van der Waals surface area contributed by atoms with Gasteiger partial charge in [-0.2, -0.15) is 0 Å². The minimum absolute atomic E-state index is 0. The Kier molecular flexibility index (Phi) is 12.8. The molecule has 0 radical (unpaired) electrons. The SMILES string of the molecule is CCNC(=NCc1ccc(CN2CC(C)OC(C)C2)cc1)NCCCN1CCOCC1.I. The molecule has 8 heteroatoms. The number of ether oxygens (including phenoxy) is 2. The van der Waals surface area contributed by atoms with Crippen molar-refractivity contribution in [3.63, 3.8) is 0 Å². The van der Waals surface area contributed by atoms with Crippen molar-refractivity contribution < 1.29 is 9.47 Å². The molecule has 0 amide bonds. The molecule has 0 aromatic heterocycles. The maximum Gasteiger partial charge on any atom is 0.191 e. The molecule has 2 aliphatic heterocycles. The topological polar surface area (TPSA) is 61.4 Å². The second kappa shape index (κ2) is 15.1. The smallest absolute Gasteiger partial charge is 0.191 e. The molecule has 2 atom stereocenters. The molecule has 2 heterocycles. The fourth-order valence-corrected chi connectivity index (χ4v) is 4.27.